The third-order valence-electron chi connectivity index (χ3n) is 4.19. The first-order valence-electron chi connectivity index (χ1n) is 8.24. The predicted molar refractivity (Wildman–Crippen MR) is 97.3 cm³/mol. The molecule has 2 aromatic carbocycles. The Labute approximate surface area is 164 Å². The van der Waals surface area contributed by atoms with Crippen LogP contribution in [0, 0.1) is 5.82 Å². The van der Waals surface area contributed by atoms with Gasteiger partial charge in [-0.2, -0.15) is 0 Å². The van der Waals surface area contributed by atoms with Crippen LogP contribution in [0.1, 0.15) is 17.9 Å². The number of halogens is 4. The summed E-state index contributed by atoms with van der Waals surface area (Å²) in [4.78, 5) is 28.7. The number of nitrogens with zero attached hydrogens (tertiary/aromatic N) is 1. The number of carbonyl (C=O) groups is 2. The largest absolute Gasteiger partial charge is 0.573 e. The molecular formula is C18H11F4N3O3S. The highest BCUT2D eigenvalue weighted by molar-refractivity contribution is 7.22. The van der Waals surface area contributed by atoms with Gasteiger partial charge in [0.15, 0.2) is 5.13 Å². The lowest BCUT2D eigenvalue weighted by atomic mass is 9.90. The first-order chi connectivity index (χ1) is 13.7. The summed E-state index contributed by atoms with van der Waals surface area (Å²) in [5.41, 5.74) is 1.06. The number of hydrogen-bond donors (Lipinski definition) is 2. The maximum Gasteiger partial charge on any atom is 0.573 e. The molecule has 1 aliphatic rings. The van der Waals surface area contributed by atoms with Crippen molar-refractivity contribution in [2.45, 2.75) is 18.7 Å². The fraction of sp³-hybridized carbons (Fsp3) is 0.167. The van der Waals surface area contributed by atoms with Gasteiger partial charge in [0.25, 0.3) is 0 Å². The zero-order chi connectivity index (χ0) is 20.8. The number of hydrogen-bond acceptors (Lipinski definition) is 5. The third kappa shape index (κ3) is 4.14. The lowest BCUT2D eigenvalue weighted by Crippen LogP contribution is -2.30. The van der Waals surface area contributed by atoms with Gasteiger partial charge in [-0.15, -0.1) is 13.2 Å². The number of rotatable bonds is 3. The molecule has 0 fully saturated rings. The number of thiazole rings is 1. The molecule has 0 saturated heterocycles. The molecule has 1 aliphatic heterocycles. The molecule has 11 heteroatoms. The zero-order valence-electron chi connectivity index (χ0n) is 14.3. The molecule has 6 nitrogen and oxygen atoms in total. The van der Waals surface area contributed by atoms with Crippen molar-refractivity contribution in [1.82, 2.24) is 4.98 Å². The van der Waals surface area contributed by atoms with Gasteiger partial charge in [0.2, 0.25) is 11.8 Å². The van der Waals surface area contributed by atoms with Crippen LogP contribution in [0.25, 0.3) is 10.2 Å². The monoisotopic (exact) mass is 425 g/mol. The minimum Gasteiger partial charge on any atom is -0.406 e. The average Bonchev–Trinajstić information content (AvgIpc) is 3.00. The Kier molecular flexibility index (Phi) is 4.61. The van der Waals surface area contributed by atoms with E-state index in [1.165, 1.54) is 24.3 Å². The highest BCUT2D eigenvalue weighted by atomic mass is 32.1. The lowest BCUT2D eigenvalue weighted by Gasteiger charge is -2.24. The maximum absolute atomic E-state index is 13.4. The molecule has 3 aromatic rings. The molecular weight excluding hydrogens is 414 g/mol. The van der Waals surface area contributed by atoms with Crippen molar-refractivity contribution in [3.63, 3.8) is 0 Å². The van der Waals surface area contributed by atoms with Crippen molar-refractivity contribution in [3.8, 4) is 5.75 Å². The average molecular weight is 425 g/mol. The molecule has 0 saturated carbocycles. The summed E-state index contributed by atoms with van der Waals surface area (Å²) in [6.45, 7) is 0. The predicted octanol–water partition coefficient (Wildman–Crippen LogP) is 4.40. The van der Waals surface area contributed by atoms with Crippen molar-refractivity contribution in [2.24, 2.45) is 0 Å². The van der Waals surface area contributed by atoms with Gasteiger partial charge < -0.3 is 15.4 Å². The number of amides is 2. The highest BCUT2D eigenvalue weighted by Gasteiger charge is 2.32. The molecule has 4 rings (SSSR count). The molecule has 0 aliphatic carbocycles. The van der Waals surface area contributed by atoms with Crippen LogP contribution in [0.15, 0.2) is 36.4 Å². The van der Waals surface area contributed by atoms with E-state index in [4.69, 9.17) is 0 Å². The Morgan fingerprint density at radius 3 is 2.79 bits per heavy atom. The van der Waals surface area contributed by atoms with Crippen LogP contribution in [0.3, 0.4) is 0 Å². The van der Waals surface area contributed by atoms with Gasteiger partial charge >= 0.3 is 6.36 Å². The smallest absolute Gasteiger partial charge is 0.406 e. The second-order valence-corrected chi connectivity index (χ2v) is 7.25. The van der Waals surface area contributed by atoms with E-state index >= 15 is 0 Å². The number of anilines is 2. The van der Waals surface area contributed by atoms with E-state index in [9.17, 15) is 27.2 Å². The van der Waals surface area contributed by atoms with Gasteiger partial charge in [0.05, 0.1) is 16.1 Å². The minimum atomic E-state index is -4.82. The zero-order valence-corrected chi connectivity index (χ0v) is 15.2. The molecule has 2 N–H and O–H groups in total. The maximum atomic E-state index is 13.4. The van der Waals surface area contributed by atoms with E-state index in [1.807, 2.05) is 0 Å². The van der Waals surface area contributed by atoms with Crippen LogP contribution >= 0.6 is 11.3 Å². The quantitative estimate of drug-likeness (QED) is 0.610. The Balaban J connectivity index is 1.57. The normalized spacial score (nSPS) is 16.3. The van der Waals surface area contributed by atoms with E-state index in [2.05, 4.69) is 20.4 Å². The summed E-state index contributed by atoms with van der Waals surface area (Å²) in [5, 5.41) is 5.25. The molecule has 0 bridgehead atoms. The molecule has 29 heavy (non-hydrogen) atoms. The Morgan fingerprint density at radius 2 is 2.03 bits per heavy atom. The van der Waals surface area contributed by atoms with Crippen molar-refractivity contribution >= 4 is 44.2 Å². The first kappa shape index (κ1) is 19.1. The van der Waals surface area contributed by atoms with Crippen LogP contribution in [0.5, 0.6) is 5.75 Å². The molecule has 0 spiro atoms. The van der Waals surface area contributed by atoms with E-state index in [-0.39, 0.29) is 17.2 Å². The summed E-state index contributed by atoms with van der Waals surface area (Å²) in [6.07, 6.45) is -4.94. The Hall–Kier alpha value is -3.21. The van der Waals surface area contributed by atoms with Gasteiger partial charge in [0.1, 0.15) is 11.6 Å². The molecule has 2 amide bonds. The summed E-state index contributed by atoms with van der Waals surface area (Å²) in [5.74, 6) is -2.75. The van der Waals surface area contributed by atoms with Crippen LogP contribution in [-0.4, -0.2) is 23.2 Å². The number of benzene rings is 2. The van der Waals surface area contributed by atoms with Crippen LogP contribution < -0.4 is 15.4 Å². The van der Waals surface area contributed by atoms with E-state index < -0.39 is 35.7 Å². The van der Waals surface area contributed by atoms with Crippen molar-refractivity contribution < 1.29 is 31.9 Å². The first-order valence-corrected chi connectivity index (χ1v) is 9.06. The molecule has 150 valence electrons. The molecule has 1 atom stereocenters. The van der Waals surface area contributed by atoms with Gasteiger partial charge in [-0.1, -0.05) is 17.4 Å². The summed E-state index contributed by atoms with van der Waals surface area (Å²) >= 11 is 0.963. The van der Waals surface area contributed by atoms with E-state index in [1.54, 1.807) is 0 Å². The molecule has 1 unspecified atom stereocenters. The van der Waals surface area contributed by atoms with Gasteiger partial charge in [-0.3, -0.25) is 9.59 Å². The van der Waals surface area contributed by atoms with Crippen LogP contribution in [0.4, 0.5) is 28.4 Å². The third-order valence-corrected chi connectivity index (χ3v) is 5.13. The SMILES string of the molecule is O=C1CC(C(=O)Nc2nc3ccc(OC(F)(F)F)cc3s2)c2ccc(F)cc2N1. The number of nitrogens with one attached hydrogen (secondary N) is 2. The highest BCUT2D eigenvalue weighted by Crippen LogP contribution is 2.35. The Bertz CT molecular complexity index is 1130. The number of carbonyl (C=O) groups excluding carboxylic acids is 2. The second-order valence-electron chi connectivity index (χ2n) is 6.22. The van der Waals surface area contributed by atoms with Crippen molar-refractivity contribution in [1.29, 1.82) is 0 Å². The number of aromatic nitrogens is 1. The summed E-state index contributed by atoms with van der Waals surface area (Å²) < 4.78 is 54.7. The fourth-order valence-electron chi connectivity index (χ4n) is 3.02. The van der Waals surface area contributed by atoms with Gasteiger partial charge in [-0.25, -0.2) is 9.37 Å². The summed E-state index contributed by atoms with van der Waals surface area (Å²) in [7, 11) is 0. The van der Waals surface area contributed by atoms with Crippen LogP contribution in [0.2, 0.25) is 0 Å². The second kappa shape index (κ2) is 6.99. The van der Waals surface area contributed by atoms with Crippen molar-refractivity contribution in [2.75, 3.05) is 10.6 Å². The fourth-order valence-corrected chi connectivity index (χ4v) is 3.92. The van der Waals surface area contributed by atoms with Crippen molar-refractivity contribution in [3.05, 3.63) is 47.8 Å². The number of alkyl halides is 3. The van der Waals surface area contributed by atoms with E-state index in [0.717, 1.165) is 23.5 Å². The van der Waals surface area contributed by atoms with E-state index in [0.29, 0.717) is 15.8 Å². The standard InChI is InChI=1S/C18H11F4N3O3S/c19-8-1-3-10-11(7-15(26)23-13(10)5-8)16(27)25-17-24-12-4-2-9(6-14(12)29-17)28-18(20,21)22/h1-6,11H,7H2,(H,23,26)(H,24,25,27). The van der Waals surface area contributed by atoms with Gasteiger partial charge in [0, 0.05) is 18.2 Å². The minimum absolute atomic E-state index is 0.126. The topological polar surface area (TPSA) is 80.3 Å². The molecule has 2 heterocycles. The number of fused-ring (bicyclic) bond motifs is 2. The number of ether oxygens (including phenoxy) is 1. The lowest BCUT2D eigenvalue weighted by molar-refractivity contribution is -0.274. The molecule has 0 radical (unpaired) electrons. The molecule has 1 aromatic heterocycles. The van der Waals surface area contributed by atoms with Crippen LogP contribution in [-0.2, 0) is 9.59 Å². The Morgan fingerprint density at radius 1 is 1.24 bits per heavy atom. The summed E-state index contributed by atoms with van der Waals surface area (Å²) in [6, 6.07) is 7.38. The van der Waals surface area contributed by atoms with Gasteiger partial charge in [-0.05, 0) is 29.8 Å².